The van der Waals surface area contributed by atoms with Gasteiger partial charge in [0.05, 0.1) is 19.1 Å². The molecule has 2 unspecified atom stereocenters. The Labute approximate surface area is 178 Å². The number of nitrogens with one attached hydrogen (secondary N) is 1. The van der Waals surface area contributed by atoms with Crippen LogP contribution >= 0.6 is 0 Å². The van der Waals surface area contributed by atoms with Crippen molar-refractivity contribution in [2.45, 2.75) is 39.7 Å². The molecule has 2 heterocycles. The molecular formula is C23H33N3O4. The number of piperidine rings is 1. The number of hydrogen-bond acceptors (Lipinski definition) is 4. The van der Waals surface area contributed by atoms with Gasteiger partial charge in [0.15, 0.2) is 0 Å². The molecule has 0 aromatic heterocycles. The first-order valence-electron chi connectivity index (χ1n) is 10.9. The van der Waals surface area contributed by atoms with E-state index in [0.29, 0.717) is 45.0 Å². The minimum absolute atomic E-state index is 0.0535. The van der Waals surface area contributed by atoms with Crippen molar-refractivity contribution < 1.29 is 19.1 Å². The molecule has 0 bridgehead atoms. The van der Waals surface area contributed by atoms with Crippen LogP contribution in [0.4, 0.5) is 0 Å². The van der Waals surface area contributed by atoms with Gasteiger partial charge in [0, 0.05) is 31.7 Å². The maximum atomic E-state index is 13.3. The molecule has 30 heavy (non-hydrogen) atoms. The van der Waals surface area contributed by atoms with Crippen molar-refractivity contribution in [3.05, 3.63) is 35.4 Å². The molecule has 2 aliphatic heterocycles. The number of amides is 3. The lowest BCUT2D eigenvalue weighted by Crippen LogP contribution is -2.55. The SMILES string of the molecule is Cc1ccc(C(=O)NC(C(=O)N2CCCC(C(=O)N3CCOCC3)C2)C(C)C)cc1. The number of morpholine rings is 1. The van der Waals surface area contributed by atoms with Crippen LogP contribution in [0.3, 0.4) is 0 Å². The Kier molecular flexibility index (Phi) is 7.48. The third-order valence-corrected chi connectivity index (χ3v) is 5.94. The Morgan fingerprint density at radius 3 is 2.33 bits per heavy atom. The van der Waals surface area contributed by atoms with E-state index in [1.807, 2.05) is 37.8 Å². The molecule has 0 spiro atoms. The smallest absolute Gasteiger partial charge is 0.251 e. The van der Waals surface area contributed by atoms with E-state index < -0.39 is 6.04 Å². The Hall–Kier alpha value is -2.41. The molecule has 7 heteroatoms. The first-order valence-corrected chi connectivity index (χ1v) is 10.9. The third-order valence-electron chi connectivity index (χ3n) is 5.94. The number of aryl methyl sites for hydroxylation is 1. The first kappa shape index (κ1) is 22.3. The fourth-order valence-corrected chi connectivity index (χ4v) is 4.06. The third kappa shape index (κ3) is 5.39. The van der Waals surface area contributed by atoms with E-state index in [1.54, 1.807) is 17.0 Å². The highest BCUT2D eigenvalue weighted by molar-refractivity contribution is 5.97. The molecule has 7 nitrogen and oxygen atoms in total. The van der Waals surface area contributed by atoms with Gasteiger partial charge in [-0.2, -0.15) is 0 Å². The number of carbonyl (C=O) groups excluding carboxylic acids is 3. The van der Waals surface area contributed by atoms with Gasteiger partial charge in [-0.3, -0.25) is 14.4 Å². The van der Waals surface area contributed by atoms with E-state index in [9.17, 15) is 14.4 Å². The minimum atomic E-state index is -0.615. The molecule has 2 saturated heterocycles. The second-order valence-corrected chi connectivity index (χ2v) is 8.62. The van der Waals surface area contributed by atoms with Gasteiger partial charge in [0.1, 0.15) is 6.04 Å². The number of benzene rings is 1. The highest BCUT2D eigenvalue weighted by Gasteiger charge is 2.35. The summed E-state index contributed by atoms with van der Waals surface area (Å²) in [6, 6.07) is 6.69. The highest BCUT2D eigenvalue weighted by atomic mass is 16.5. The Morgan fingerprint density at radius 1 is 1.03 bits per heavy atom. The molecular weight excluding hydrogens is 382 g/mol. The fraction of sp³-hybridized carbons (Fsp3) is 0.609. The Balaban J connectivity index is 1.64. The number of carbonyl (C=O) groups is 3. The topological polar surface area (TPSA) is 79.0 Å². The maximum Gasteiger partial charge on any atom is 0.251 e. The van der Waals surface area contributed by atoms with Crippen LogP contribution < -0.4 is 5.32 Å². The van der Waals surface area contributed by atoms with Crippen molar-refractivity contribution in [1.29, 1.82) is 0 Å². The zero-order valence-electron chi connectivity index (χ0n) is 18.2. The number of nitrogens with zero attached hydrogens (tertiary/aromatic N) is 2. The van der Waals surface area contributed by atoms with E-state index >= 15 is 0 Å². The summed E-state index contributed by atoms with van der Waals surface area (Å²) in [5.74, 6) is -0.478. The molecule has 1 aromatic carbocycles. The summed E-state index contributed by atoms with van der Waals surface area (Å²) in [4.78, 5) is 42.4. The van der Waals surface area contributed by atoms with Crippen LogP contribution in [-0.2, 0) is 14.3 Å². The molecule has 3 amide bonds. The van der Waals surface area contributed by atoms with Crippen molar-refractivity contribution in [2.75, 3.05) is 39.4 Å². The lowest BCUT2D eigenvalue weighted by atomic mass is 9.94. The van der Waals surface area contributed by atoms with Gasteiger partial charge in [0.2, 0.25) is 11.8 Å². The van der Waals surface area contributed by atoms with Crippen molar-refractivity contribution >= 4 is 17.7 Å². The molecule has 2 aliphatic rings. The van der Waals surface area contributed by atoms with Gasteiger partial charge in [-0.25, -0.2) is 0 Å². The quantitative estimate of drug-likeness (QED) is 0.796. The lowest BCUT2D eigenvalue weighted by Gasteiger charge is -2.38. The van der Waals surface area contributed by atoms with Gasteiger partial charge in [-0.05, 0) is 37.8 Å². The van der Waals surface area contributed by atoms with E-state index in [0.717, 1.165) is 18.4 Å². The van der Waals surface area contributed by atoms with E-state index in [-0.39, 0.29) is 29.6 Å². The van der Waals surface area contributed by atoms with Crippen LogP contribution in [-0.4, -0.2) is 73.0 Å². The first-order chi connectivity index (χ1) is 14.4. The normalized spacial score (nSPS) is 20.7. The number of likely N-dealkylation sites (tertiary alicyclic amines) is 1. The molecule has 1 N–H and O–H groups in total. The van der Waals surface area contributed by atoms with E-state index in [4.69, 9.17) is 4.74 Å². The van der Waals surface area contributed by atoms with Crippen molar-refractivity contribution in [1.82, 2.24) is 15.1 Å². The summed E-state index contributed by atoms with van der Waals surface area (Å²) in [7, 11) is 0. The van der Waals surface area contributed by atoms with Crippen LogP contribution in [0.5, 0.6) is 0 Å². The van der Waals surface area contributed by atoms with Crippen LogP contribution in [0.2, 0.25) is 0 Å². The number of rotatable bonds is 5. The second-order valence-electron chi connectivity index (χ2n) is 8.62. The van der Waals surface area contributed by atoms with E-state index in [1.165, 1.54) is 0 Å². The molecule has 0 saturated carbocycles. The van der Waals surface area contributed by atoms with Gasteiger partial charge < -0.3 is 19.9 Å². The van der Waals surface area contributed by atoms with Gasteiger partial charge in [0.25, 0.3) is 5.91 Å². The number of ether oxygens (including phenoxy) is 1. The lowest BCUT2D eigenvalue weighted by molar-refractivity contribution is -0.144. The van der Waals surface area contributed by atoms with E-state index in [2.05, 4.69) is 5.32 Å². The summed E-state index contributed by atoms with van der Waals surface area (Å²) in [6.45, 7) is 9.23. The van der Waals surface area contributed by atoms with Crippen LogP contribution in [0.25, 0.3) is 0 Å². The second kappa shape index (κ2) is 10.1. The zero-order chi connectivity index (χ0) is 21.7. The summed E-state index contributed by atoms with van der Waals surface area (Å²) in [5.41, 5.74) is 1.62. The van der Waals surface area contributed by atoms with Crippen LogP contribution in [0.1, 0.15) is 42.6 Å². The van der Waals surface area contributed by atoms with Gasteiger partial charge in [-0.1, -0.05) is 31.5 Å². The number of hydrogen-bond donors (Lipinski definition) is 1. The largest absolute Gasteiger partial charge is 0.378 e. The van der Waals surface area contributed by atoms with Crippen molar-refractivity contribution in [2.24, 2.45) is 11.8 Å². The molecule has 2 fully saturated rings. The Morgan fingerprint density at radius 2 is 1.70 bits per heavy atom. The summed E-state index contributed by atoms with van der Waals surface area (Å²) < 4.78 is 5.34. The monoisotopic (exact) mass is 415 g/mol. The fourth-order valence-electron chi connectivity index (χ4n) is 4.06. The molecule has 164 valence electrons. The summed E-state index contributed by atoms with van der Waals surface area (Å²) in [5, 5.41) is 2.91. The Bertz CT molecular complexity index is 756. The average molecular weight is 416 g/mol. The molecule has 1 aromatic rings. The maximum absolute atomic E-state index is 13.3. The predicted octanol–water partition coefficient (Wildman–Crippen LogP) is 1.85. The van der Waals surface area contributed by atoms with Crippen LogP contribution in [0, 0.1) is 18.8 Å². The molecule has 0 aliphatic carbocycles. The summed E-state index contributed by atoms with van der Waals surface area (Å²) in [6.07, 6.45) is 1.59. The van der Waals surface area contributed by atoms with Crippen molar-refractivity contribution in [3.8, 4) is 0 Å². The highest BCUT2D eigenvalue weighted by Crippen LogP contribution is 2.21. The predicted molar refractivity (Wildman–Crippen MR) is 114 cm³/mol. The zero-order valence-corrected chi connectivity index (χ0v) is 18.2. The standard InChI is InChI=1S/C23H33N3O4/c1-16(2)20(24-21(27)18-8-6-17(3)7-9-18)23(29)26-10-4-5-19(15-26)22(28)25-11-13-30-14-12-25/h6-9,16,19-20H,4-5,10-15H2,1-3H3,(H,24,27). The van der Waals surface area contributed by atoms with Crippen LogP contribution in [0.15, 0.2) is 24.3 Å². The molecule has 0 radical (unpaired) electrons. The van der Waals surface area contributed by atoms with Gasteiger partial charge >= 0.3 is 0 Å². The minimum Gasteiger partial charge on any atom is -0.378 e. The average Bonchev–Trinajstić information content (AvgIpc) is 2.77. The van der Waals surface area contributed by atoms with Crippen molar-refractivity contribution in [3.63, 3.8) is 0 Å². The molecule has 3 rings (SSSR count). The van der Waals surface area contributed by atoms with Gasteiger partial charge in [-0.15, -0.1) is 0 Å². The summed E-state index contributed by atoms with van der Waals surface area (Å²) >= 11 is 0. The molecule has 2 atom stereocenters.